The van der Waals surface area contributed by atoms with Gasteiger partial charge in [-0.25, -0.2) is 0 Å². The number of hydrogen-bond donors (Lipinski definition) is 1. The van der Waals surface area contributed by atoms with Crippen LogP contribution in [0.2, 0.25) is 0 Å². The van der Waals surface area contributed by atoms with Gasteiger partial charge in [0.05, 0.1) is 19.3 Å². The summed E-state index contributed by atoms with van der Waals surface area (Å²) in [6.45, 7) is 2.13. The fraction of sp³-hybridized carbons (Fsp3) is 0.571. The fourth-order valence-electron chi connectivity index (χ4n) is 1.78. The first kappa shape index (κ1) is 14.0. The molecule has 0 amide bonds. The third-order valence-electron chi connectivity index (χ3n) is 2.94. The molecule has 0 aromatic heterocycles. The van der Waals surface area contributed by atoms with Crippen molar-refractivity contribution >= 4 is 15.9 Å². The highest BCUT2D eigenvalue weighted by Crippen LogP contribution is 2.18. The molecule has 1 fully saturated rings. The van der Waals surface area contributed by atoms with Gasteiger partial charge in [-0.15, -0.1) is 0 Å². The maximum atomic E-state index is 5.89. The van der Waals surface area contributed by atoms with Crippen molar-refractivity contribution in [2.75, 3.05) is 20.3 Å². The molecule has 0 spiro atoms. The minimum Gasteiger partial charge on any atom is -0.382 e. The van der Waals surface area contributed by atoms with Gasteiger partial charge in [0.2, 0.25) is 0 Å². The van der Waals surface area contributed by atoms with Crippen molar-refractivity contribution in [1.82, 2.24) is 5.32 Å². The van der Waals surface area contributed by atoms with Gasteiger partial charge in [0.15, 0.2) is 0 Å². The van der Waals surface area contributed by atoms with Crippen LogP contribution in [0.4, 0.5) is 0 Å². The third kappa shape index (κ3) is 5.06. The van der Waals surface area contributed by atoms with Crippen LogP contribution in [0.5, 0.6) is 0 Å². The summed E-state index contributed by atoms with van der Waals surface area (Å²) < 4.78 is 12.2. The molecule has 4 heteroatoms. The molecular weight excluding hydrogens is 294 g/mol. The van der Waals surface area contributed by atoms with Crippen LogP contribution in [0.15, 0.2) is 28.7 Å². The second-order valence-corrected chi connectivity index (χ2v) is 5.62. The van der Waals surface area contributed by atoms with Gasteiger partial charge in [-0.3, -0.25) is 0 Å². The van der Waals surface area contributed by atoms with Gasteiger partial charge in [-0.2, -0.15) is 0 Å². The molecule has 18 heavy (non-hydrogen) atoms. The average molecular weight is 314 g/mol. The summed E-state index contributed by atoms with van der Waals surface area (Å²) in [5.74, 6) is 0. The van der Waals surface area contributed by atoms with Gasteiger partial charge in [-0.1, -0.05) is 28.1 Å². The maximum Gasteiger partial charge on any atom is 0.0936 e. The zero-order valence-electron chi connectivity index (χ0n) is 10.7. The van der Waals surface area contributed by atoms with E-state index in [1.807, 2.05) is 12.1 Å². The Morgan fingerprint density at radius 2 is 2.28 bits per heavy atom. The molecular formula is C14H20BrNO2. The Labute approximate surface area is 117 Å². The lowest BCUT2D eigenvalue weighted by Gasteiger charge is -2.18. The summed E-state index contributed by atoms with van der Waals surface area (Å²) in [6, 6.07) is 8.90. The molecule has 1 N–H and O–H groups in total. The minimum absolute atomic E-state index is 0.120. The Bertz CT molecular complexity index is 369. The summed E-state index contributed by atoms with van der Waals surface area (Å²) >= 11 is 3.47. The van der Waals surface area contributed by atoms with Crippen LogP contribution in [-0.4, -0.2) is 32.4 Å². The number of rotatable bonds is 8. The molecule has 2 rings (SSSR count). The molecule has 1 aromatic carbocycles. The monoisotopic (exact) mass is 313 g/mol. The van der Waals surface area contributed by atoms with Gasteiger partial charge in [-0.05, 0) is 30.5 Å². The molecule has 1 atom stereocenters. The van der Waals surface area contributed by atoms with Crippen LogP contribution < -0.4 is 5.32 Å². The zero-order valence-corrected chi connectivity index (χ0v) is 12.3. The van der Waals surface area contributed by atoms with E-state index in [1.54, 1.807) is 7.11 Å². The van der Waals surface area contributed by atoms with Gasteiger partial charge < -0.3 is 14.8 Å². The van der Waals surface area contributed by atoms with Gasteiger partial charge in [0.25, 0.3) is 0 Å². The molecule has 1 saturated carbocycles. The molecule has 0 saturated heterocycles. The molecule has 0 aliphatic heterocycles. The second-order valence-electron chi connectivity index (χ2n) is 4.70. The van der Waals surface area contributed by atoms with Gasteiger partial charge in [0, 0.05) is 24.2 Å². The van der Waals surface area contributed by atoms with Crippen molar-refractivity contribution in [2.45, 2.75) is 31.6 Å². The SMILES string of the molecule is COCC(CNC1CC1)OCc1cccc(Br)c1. The maximum absolute atomic E-state index is 5.89. The lowest BCUT2D eigenvalue weighted by Crippen LogP contribution is -2.33. The fourth-order valence-corrected chi connectivity index (χ4v) is 2.22. The third-order valence-corrected chi connectivity index (χ3v) is 3.43. The molecule has 0 radical (unpaired) electrons. The van der Waals surface area contributed by atoms with Crippen molar-refractivity contribution in [3.05, 3.63) is 34.3 Å². The van der Waals surface area contributed by atoms with Crippen molar-refractivity contribution < 1.29 is 9.47 Å². The lowest BCUT2D eigenvalue weighted by atomic mass is 10.2. The Balaban J connectivity index is 1.76. The molecule has 100 valence electrons. The standard InChI is InChI=1S/C14H20BrNO2/c1-17-10-14(8-16-13-5-6-13)18-9-11-3-2-4-12(15)7-11/h2-4,7,13-14,16H,5-6,8-10H2,1H3. The van der Waals surface area contributed by atoms with Crippen LogP contribution in [0, 0.1) is 0 Å². The predicted octanol–water partition coefficient (Wildman–Crippen LogP) is 2.73. The van der Waals surface area contributed by atoms with Crippen molar-refractivity contribution in [2.24, 2.45) is 0 Å². The molecule has 1 unspecified atom stereocenters. The number of benzene rings is 1. The minimum atomic E-state index is 0.120. The topological polar surface area (TPSA) is 30.5 Å². The van der Waals surface area contributed by atoms with Gasteiger partial charge >= 0.3 is 0 Å². The van der Waals surface area contributed by atoms with E-state index in [0.717, 1.165) is 11.0 Å². The van der Waals surface area contributed by atoms with E-state index >= 15 is 0 Å². The number of hydrogen-bond acceptors (Lipinski definition) is 3. The summed E-state index contributed by atoms with van der Waals surface area (Å²) in [7, 11) is 1.71. The van der Waals surface area contributed by atoms with Crippen LogP contribution in [-0.2, 0) is 16.1 Å². The van der Waals surface area contributed by atoms with Crippen LogP contribution in [0.25, 0.3) is 0 Å². The quantitative estimate of drug-likeness (QED) is 0.800. The van der Waals surface area contributed by atoms with E-state index in [4.69, 9.17) is 9.47 Å². The largest absolute Gasteiger partial charge is 0.382 e. The number of nitrogens with one attached hydrogen (secondary N) is 1. The number of methoxy groups -OCH3 is 1. The highest BCUT2D eigenvalue weighted by atomic mass is 79.9. The molecule has 1 aromatic rings. The smallest absolute Gasteiger partial charge is 0.0936 e. The Kier molecular flexibility index (Phi) is 5.63. The average Bonchev–Trinajstić information content (AvgIpc) is 3.17. The van der Waals surface area contributed by atoms with E-state index < -0.39 is 0 Å². The van der Waals surface area contributed by atoms with E-state index in [9.17, 15) is 0 Å². The Morgan fingerprint density at radius 3 is 2.94 bits per heavy atom. The van der Waals surface area contributed by atoms with Crippen LogP contribution in [0.1, 0.15) is 18.4 Å². The summed E-state index contributed by atoms with van der Waals surface area (Å²) in [5, 5.41) is 3.47. The van der Waals surface area contributed by atoms with E-state index in [1.165, 1.54) is 18.4 Å². The summed E-state index contributed by atoms with van der Waals surface area (Å²) in [5.41, 5.74) is 1.18. The predicted molar refractivity (Wildman–Crippen MR) is 75.6 cm³/mol. The number of ether oxygens (including phenoxy) is 2. The molecule has 1 aliphatic carbocycles. The summed E-state index contributed by atoms with van der Waals surface area (Å²) in [6.07, 6.45) is 2.71. The number of halogens is 1. The second kappa shape index (κ2) is 7.24. The van der Waals surface area contributed by atoms with Crippen molar-refractivity contribution in [3.8, 4) is 0 Å². The first-order chi connectivity index (χ1) is 8.78. The van der Waals surface area contributed by atoms with Gasteiger partial charge in [0.1, 0.15) is 0 Å². The zero-order chi connectivity index (χ0) is 12.8. The Morgan fingerprint density at radius 1 is 1.44 bits per heavy atom. The molecule has 0 bridgehead atoms. The lowest BCUT2D eigenvalue weighted by molar-refractivity contribution is -0.0103. The Hall–Kier alpha value is -0.420. The highest BCUT2D eigenvalue weighted by molar-refractivity contribution is 9.10. The molecule has 1 aliphatic rings. The van der Waals surface area contributed by atoms with Crippen LogP contribution >= 0.6 is 15.9 Å². The molecule has 3 nitrogen and oxygen atoms in total. The van der Waals surface area contributed by atoms with E-state index in [0.29, 0.717) is 19.3 Å². The first-order valence-corrected chi connectivity index (χ1v) is 7.15. The van der Waals surface area contributed by atoms with Crippen molar-refractivity contribution in [3.63, 3.8) is 0 Å². The first-order valence-electron chi connectivity index (χ1n) is 6.36. The van der Waals surface area contributed by atoms with Crippen molar-refractivity contribution in [1.29, 1.82) is 0 Å². The normalized spacial score (nSPS) is 16.8. The van der Waals surface area contributed by atoms with Crippen LogP contribution in [0.3, 0.4) is 0 Å². The molecule has 0 heterocycles. The summed E-state index contributed by atoms with van der Waals surface area (Å²) in [4.78, 5) is 0. The van der Waals surface area contributed by atoms with E-state index in [-0.39, 0.29) is 6.10 Å². The van der Waals surface area contributed by atoms with E-state index in [2.05, 4.69) is 33.4 Å². The highest BCUT2D eigenvalue weighted by Gasteiger charge is 2.22.